The van der Waals surface area contributed by atoms with Crippen molar-refractivity contribution in [1.29, 1.82) is 0 Å². The van der Waals surface area contributed by atoms with Crippen LogP contribution in [0.3, 0.4) is 0 Å². The van der Waals surface area contributed by atoms with E-state index in [1.165, 1.54) is 24.2 Å². The van der Waals surface area contributed by atoms with Gasteiger partial charge in [-0.25, -0.2) is 0 Å². The first kappa shape index (κ1) is 18.8. The number of nitrogens with zero attached hydrogens (tertiary/aromatic N) is 3. The topological polar surface area (TPSA) is 45.6 Å². The molecule has 0 radical (unpaired) electrons. The molecule has 0 bridgehead atoms. The lowest BCUT2D eigenvalue weighted by Gasteiger charge is -2.36. The first-order chi connectivity index (χ1) is 13.5. The van der Waals surface area contributed by atoms with Crippen molar-refractivity contribution >= 4 is 11.8 Å². The Kier molecular flexibility index (Phi) is 5.25. The van der Waals surface area contributed by atoms with Crippen molar-refractivity contribution in [2.75, 3.05) is 26.2 Å². The van der Waals surface area contributed by atoms with E-state index in [-0.39, 0.29) is 11.8 Å². The third-order valence-corrected chi connectivity index (χ3v) is 6.23. The number of hydrogen-bond acceptors (Lipinski definition) is 2. The molecule has 0 unspecified atom stereocenters. The van der Waals surface area contributed by atoms with Gasteiger partial charge in [0.1, 0.15) is 0 Å². The Morgan fingerprint density at radius 3 is 1.89 bits per heavy atom. The van der Waals surface area contributed by atoms with E-state index in [1.807, 2.05) is 34.1 Å². The van der Waals surface area contributed by atoms with Crippen LogP contribution >= 0.6 is 0 Å². The highest BCUT2D eigenvalue weighted by atomic mass is 16.2. The van der Waals surface area contributed by atoms with Crippen LogP contribution in [0.15, 0.2) is 36.4 Å². The van der Waals surface area contributed by atoms with Crippen molar-refractivity contribution < 1.29 is 9.59 Å². The highest BCUT2D eigenvalue weighted by Crippen LogP contribution is 2.27. The van der Waals surface area contributed by atoms with E-state index in [9.17, 15) is 9.59 Å². The summed E-state index contributed by atoms with van der Waals surface area (Å²) in [6, 6.07) is 12.0. The van der Waals surface area contributed by atoms with E-state index < -0.39 is 0 Å². The number of piperazine rings is 1. The van der Waals surface area contributed by atoms with Crippen LogP contribution in [0.2, 0.25) is 0 Å². The normalized spacial score (nSPS) is 17.9. The van der Waals surface area contributed by atoms with Gasteiger partial charge in [0.25, 0.3) is 5.91 Å². The third kappa shape index (κ3) is 3.58. The maximum Gasteiger partial charge on any atom is 0.253 e. The van der Waals surface area contributed by atoms with Crippen LogP contribution in [-0.2, 0) is 4.79 Å². The quantitative estimate of drug-likeness (QED) is 0.818. The van der Waals surface area contributed by atoms with Gasteiger partial charge in [-0.15, -0.1) is 0 Å². The minimum atomic E-state index is 0.0560. The van der Waals surface area contributed by atoms with Crippen molar-refractivity contribution in [1.82, 2.24) is 14.4 Å². The molecule has 2 aromatic rings. The number of amides is 2. The van der Waals surface area contributed by atoms with Crippen molar-refractivity contribution in [3.05, 3.63) is 53.3 Å². The summed E-state index contributed by atoms with van der Waals surface area (Å²) in [6.45, 7) is 6.71. The molecule has 2 fully saturated rings. The molecule has 1 aromatic heterocycles. The molecular formula is C23H29N3O2. The summed E-state index contributed by atoms with van der Waals surface area (Å²) in [5.41, 5.74) is 4.14. The summed E-state index contributed by atoms with van der Waals surface area (Å²) in [5, 5.41) is 0. The van der Waals surface area contributed by atoms with Gasteiger partial charge in [0.2, 0.25) is 5.91 Å². The number of benzene rings is 1. The third-order valence-electron chi connectivity index (χ3n) is 6.23. The number of carbonyl (C=O) groups is 2. The van der Waals surface area contributed by atoms with Crippen molar-refractivity contribution in [2.24, 2.45) is 5.92 Å². The maximum atomic E-state index is 12.9. The van der Waals surface area contributed by atoms with Crippen LogP contribution in [0.1, 0.15) is 47.4 Å². The monoisotopic (exact) mass is 379 g/mol. The zero-order valence-corrected chi connectivity index (χ0v) is 16.9. The van der Waals surface area contributed by atoms with Crippen LogP contribution in [0.5, 0.6) is 0 Å². The van der Waals surface area contributed by atoms with Gasteiger partial charge in [0.15, 0.2) is 0 Å². The second-order valence-corrected chi connectivity index (χ2v) is 8.10. The Hall–Kier alpha value is -2.56. The fourth-order valence-corrected chi connectivity index (χ4v) is 4.57. The SMILES string of the molecule is Cc1ccc(C)n1-c1ccc(C(=O)N2CCN(C(=O)C3CCCC3)CC2)cc1. The molecule has 1 saturated heterocycles. The highest BCUT2D eigenvalue weighted by Gasteiger charge is 2.30. The molecule has 1 aromatic carbocycles. The first-order valence-electron chi connectivity index (χ1n) is 10.4. The average Bonchev–Trinajstić information content (AvgIpc) is 3.37. The molecule has 0 N–H and O–H groups in total. The van der Waals surface area contributed by atoms with Crippen LogP contribution in [0.4, 0.5) is 0 Å². The smallest absolute Gasteiger partial charge is 0.253 e. The van der Waals surface area contributed by atoms with E-state index in [1.54, 1.807) is 0 Å². The van der Waals surface area contributed by atoms with Crippen molar-refractivity contribution in [3.63, 3.8) is 0 Å². The maximum absolute atomic E-state index is 12.9. The molecule has 5 nitrogen and oxygen atoms in total. The molecule has 1 saturated carbocycles. The second-order valence-electron chi connectivity index (χ2n) is 8.10. The molecule has 148 valence electrons. The molecule has 2 heterocycles. The molecule has 5 heteroatoms. The fourth-order valence-electron chi connectivity index (χ4n) is 4.57. The zero-order valence-electron chi connectivity index (χ0n) is 16.9. The Morgan fingerprint density at radius 2 is 1.32 bits per heavy atom. The number of aromatic nitrogens is 1. The van der Waals surface area contributed by atoms with Gasteiger partial charge in [0, 0.05) is 54.7 Å². The number of carbonyl (C=O) groups excluding carboxylic acids is 2. The fraction of sp³-hybridized carbons (Fsp3) is 0.478. The van der Waals surface area contributed by atoms with Crippen LogP contribution in [0.25, 0.3) is 5.69 Å². The average molecular weight is 380 g/mol. The number of aryl methyl sites for hydroxylation is 2. The van der Waals surface area contributed by atoms with E-state index in [0.29, 0.717) is 37.6 Å². The Labute approximate surface area is 166 Å². The molecular weight excluding hydrogens is 350 g/mol. The van der Waals surface area contributed by atoms with Gasteiger partial charge < -0.3 is 14.4 Å². The molecule has 1 aliphatic heterocycles. The van der Waals surface area contributed by atoms with Crippen LogP contribution < -0.4 is 0 Å². The zero-order chi connectivity index (χ0) is 19.7. The standard InChI is InChI=1S/C23H29N3O2/c1-17-7-8-18(2)26(17)21-11-9-20(10-12-21)23(28)25-15-13-24(14-16-25)22(27)19-5-3-4-6-19/h7-12,19H,3-6,13-16H2,1-2H3. The molecule has 1 aliphatic carbocycles. The molecule has 2 aliphatic rings. The minimum absolute atomic E-state index is 0.0560. The van der Waals surface area contributed by atoms with Gasteiger partial charge in [-0.1, -0.05) is 12.8 Å². The largest absolute Gasteiger partial charge is 0.339 e. The number of hydrogen-bond donors (Lipinski definition) is 0. The summed E-state index contributed by atoms with van der Waals surface area (Å²) < 4.78 is 2.18. The minimum Gasteiger partial charge on any atom is -0.339 e. The summed E-state index contributed by atoms with van der Waals surface area (Å²) in [6.07, 6.45) is 4.41. The van der Waals surface area contributed by atoms with Gasteiger partial charge >= 0.3 is 0 Å². The Morgan fingerprint density at radius 1 is 0.786 bits per heavy atom. The van der Waals surface area contributed by atoms with Crippen LogP contribution in [-0.4, -0.2) is 52.4 Å². The Bertz CT molecular complexity index is 835. The van der Waals surface area contributed by atoms with Gasteiger partial charge in [-0.3, -0.25) is 9.59 Å². The van der Waals surface area contributed by atoms with Gasteiger partial charge in [-0.05, 0) is 63.1 Å². The number of rotatable bonds is 3. The lowest BCUT2D eigenvalue weighted by Crippen LogP contribution is -2.51. The van der Waals surface area contributed by atoms with E-state index >= 15 is 0 Å². The molecule has 0 atom stereocenters. The lowest BCUT2D eigenvalue weighted by atomic mass is 10.1. The van der Waals surface area contributed by atoms with Gasteiger partial charge in [-0.2, -0.15) is 0 Å². The van der Waals surface area contributed by atoms with E-state index in [4.69, 9.17) is 0 Å². The Balaban J connectivity index is 1.38. The van der Waals surface area contributed by atoms with Gasteiger partial charge in [0.05, 0.1) is 0 Å². The summed E-state index contributed by atoms with van der Waals surface area (Å²) in [7, 11) is 0. The van der Waals surface area contributed by atoms with E-state index in [2.05, 4.69) is 30.5 Å². The first-order valence-corrected chi connectivity index (χ1v) is 10.4. The van der Waals surface area contributed by atoms with Crippen molar-refractivity contribution in [3.8, 4) is 5.69 Å². The molecule has 4 rings (SSSR count). The highest BCUT2D eigenvalue weighted by molar-refractivity contribution is 5.94. The molecule has 2 amide bonds. The van der Waals surface area contributed by atoms with E-state index in [0.717, 1.165) is 18.5 Å². The van der Waals surface area contributed by atoms with Crippen molar-refractivity contribution in [2.45, 2.75) is 39.5 Å². The predicted octanol–water partition coefficient (Wildman–Crippen LogP) is 3.57. The summed E-state index contributed by atoms with van der Waals surface area (Å²) >= 11 is 0. The summed E-state index contributed by atoms with van der Waals surface area (Å²) in [4.78, 5) is 29.3. The summed E-state index contributed by atoms with van der Waals surface area (Å²) in [5.74, 6) is 0.572. The predicted molar refractivity (Wildman–Crippen MR) is 110 cm³/mol. The molecule has 0 spiro atoms. The van der Waals surface area contributed by atoms with Crippen LogP contribution in [0, 0.1) is 19.8 Å². The lowest BCUT2D eigenvalue weighted by molar-refractivity contribution is -0.136. The molecule has 28 heavy (non-hydrogen) atoms. The second kappa shape index (κ2) is 7.82.